The Balaban J connectivity index is 1.62. The van der Waals surface area contributed by atoms with Crippen molar-refractivity contribution in [1.82, 2.24) is 10.1 Å². The van der Waals surface area contributed by atoms with Gasteiger partial charge in [-0.1, -0.05) is 35.5 Å². The molecule has 2 heterocycles. The minimum absolute atomic E-state index is 0.0273. The fourth-order valence-electron chi connectivity index (χ4n) is 2.01. The summed E-state index contributed by atoms with van der Waals surface area (Å²) in [5, 5.41) is 3.92. The van der Waals surface area contributed by atoms with Crippen molar-refractivity contribution < 1.29 is 8.94 Å². The summed E-state index contributed by atoms with van der Waals surface area (Å²) >= 11 is 0. The lowest BCUT2D eigenvalue weighted by Crippen LogP contribution is -2.11. The normalized spacial score (nSPS) is 12.4. The summed E-state index contributed by atoms with van der Waals surface area (Å²) in [5.74, 6) is 1.13. The molecule has 0 aliphatic carbocycles. The molecule has 0 aliphatic rings. The lowest BCUT2D eigenvalue weighted by Gasteiger charge is -2.09. The molecule has 2 N–H and O–H groups in total. The molecule has 20 heavy (non-hydrogen) atoms. The zero-order chi connectivity index (χ0) is 13.8. The number of aromatic nitrogens is 2. The Morgan fingerprint density at radius 1 is 1.15 bits per heavy atom. The van der Waals surface area contributed by atoms with E-state index in [1.807, 2.05) is 30.3 Å². The highest BCUT2D eigenvalue weighted by molar-refractivity contribution is 5.51. The Bertz CT molecular complexity index is 647. The van der Waals surface area contributed by atoms with Crippen molar-refractivity contribution in [3.05, 3.63) is 60.4 Å². The first-order chi connectivity index (χ1) is 9.83. The van der Waals surface area contributed by atoms with E-state index in [4.69, 9.17) is 14.7 Å². The van der Waals surface area contributed by atoms with Gasteiger partial charge in [-0.05, 0) is 18.1 Å². The van der Waals surface area contributed by atoms with Gasteiger partial charge in [-0.25, -0.2) is 0 Å². The molecule has 0 amide bonds. The number of benzene rings is 1. The first-order valence-electron chi connectivity index (χ1n) is 6.48. The standard InChI is InChI=1S/C15H15N3O2/c16-13(11-4-2-1-3-5-11)6-7-14-17-15(18-20-14)12-8-9-19-10-12/h1-5,8-10,13H,6-7,16H2. The molecule has 0 saturated heterocycles. The third-order valence-corrected chi connectivity index (χ3v) is 3.14. The van der Waals surface area contributed by atoms with Crippen LogP contribution in [-0.2, 0) is 6.42 Å². The minimum Gasteiger partial charge on any atom is -0.472 e. The number of nitrogens with zero attached hydrogens (tertiary/aromatic N) is 2. The molecule has 0 spiro atoms. The topological polar surface area (TPSA) is 78.1 Å². The molecule has 2 aromatic heterocycles. The Labute approximate surface area is 116 Å². The summed E-state index contributed by atoms with van der Waals surface area (Å²) in [5.41, 5.74) is 8.06. The van der Waals surface area contributed by atoms with Crippen molar-refractivity contribution in [3.8, 4) is 11.4 Å². The Morgan fingerprint density at radius 2 is 2.00 bits per heavy atom. The van der Waals surface area contributed by atoms with Crippen LogP contribution in [0.1, 0.15) is 23.9 Å². The van der Waals surface area contributed by atoms with E-state index in [9.17, 15) is 0 Å². The molecular formula is C15H15N3O2. The third-order valence-electron chi connectivity index (χ3n) is 3.14. The lowest BCUT2D eigenvalue weighted by molar-refractivity contribution is 0.372. The molecule has 3 aromatic rings. The van der Waals surface area contributed by atoms with Crippen LogP contribution in [0.5, 0.6) is 0 Å². The maximum atomic E-state index is 6.14. The van der Waals surface area contributed by atoms with Crippen molar-refractivity contribution in [2.24, 2.45) is 5.73 Å². The molecule has 0 saturated carbocycles. The quantitative estimate of drug-likeness (QED) is 0.770. The zero-order valence-corrected chi connectivity index (χ0v) is 10.9. The van der Waals surface area contributed by atoms with Gasteiger partial charge in [-0.2, -0.15) is 4.98 Å². The molecule has 102 valence electrons. The number of furan rings is 1. The molecular weight excluding hydrogens is 254 g/mol. The maximum Gasteiger partial charge on any atom is 0.227 e. The van der Waals surface area contributed by atoms with Gasteiger partial charge in [-0.15, -0.1) is 0 Å². The van der Waals surface area contributed by atoms with Crippen LogP contribution in [0.4, 0.5) is 0 Å². The van der Waals surface area contributed by atoms with Gasteiger partial charge in [0.2, 0.25) is 11.7 Å². The molecule has 0 radical (unpaired) electrons. The second kappa shape index (κ2) is 5.71. The van der Waals surface area contributed by atoms with Gasteiger partial charge in [0.15, 0.2) is 0 Å². The van der Waals surface area contributed by atoms with E-state index >= 15 is 0 Å². The van der Waals surface area contributed by atoms with Crippen LogP contribution in [0.3, 0.4) is 0 Å². The summed E-state index contributed by atoms with van der Waals surface area (Å²) in [7, 11) is 0. The summed E-state index contributed by atoms with van der Waals surface area (Å²) in [6, 6.07) is 11.8. The smallest absolute Gasteiger partial charge is 0.227 e. The van der Waals surface area contributed by atoms with Gasteiger partial charge in [-0.3, -0.25) is 0 Å². The molecule has 1 atom stereocenters. The van der Waals surface area contributed by atoms with Crippen LogP contribution in [0, 0.1) is 0 Å². The van der Waals surface area contributed by atoms with Gasteiger partial charge in [0, 0.05) is 12.5 Å². The van der Waals surface area contributed by atoms with Crippen molar-refractivity contribution in [3.63, 3.8) is 0 Å². The lowest BCUT2D eigenvalue weighted by atomic mass is 10.0. The van der Waals surface area contributed by atoms with E-state index in [-0.39, 0.29) is 6.04 Å². The SMILES string of the molecule is NC(CCc1nc(-c2ccoc2)no1)c1ccccc1. The average Bonchev–Trinajstić information content (AvgIpc) is 3.16. The fraction of sp³-hybridized carbons (Fsp3) is 0.200. The van der Waals surface area contributed by atoms with Crippen LogP contribution in [0.25, 0.3) is 11.4 Å². The largest absolute Gasteiger partial charge is 0.472 e. The molecule has 5 heteroatoms. The van der Waals surface area contributed by atoms with Crippen molar-refractivity contribution in [2.45, 2.75) is 18.9 Å². The summed E-state index contributed by atoms with van der Waals surface area (Å²) in [4.78, 5) is 4.33. The molecule has 0 aliphatic heterocycles. The van der Waals surface area contributed by atoms with E-state index in [0.29, 0.717) is 18.1 Å². The Hall–Kier alpha value is -2.40. The fourth-order valence-corrected chi connectivity index (χ4v) is 2.01. The van der Waals surface area contributed by atoms with Gasteiger partial charge >= 0.3 is 0 Å². The predicted octanol–water partition coefficient (Wildman–Crippen LogP) is 2.96. The number of rotatable bonds is 5. The Morgan fingerprint density at radius 3 is 2.75 bits per heavy atom. The molecule has 1 unspecified atom stereocenters. The van der Waals surface area contributed by atoms with Gasteiger partial charge in [0.25, 0.3) is 0 Å². The van der Waals surface area contributed by atoms with Crippen LogP contribution < -0.4 is 5.73 Å². The predicted molar refractivity (Wildman–Crippen MR) is 73.7 cm³/mol. The van der Waals surface area contributed by atoms with Crippen LogP contribution >= 0.6 is 0 Å². The van der Waals surface area contributed by atoms with Crippen LogP contribution in [0.2, 0.25) is 0 Å². The third kappa shape index (κ3) is 2.78. The monoisotopic (exact) mass is 269 g/mol. The van der Waals surface area contributed by atoms with Crippen LogP contribution in [0.15, 0.2) is 57.9 Å². The summed E-state index contributed by atoms with van der Waals surface area (Å²) in [6.45, 7) is 0. The maximum absolute atomic E-state index is 6.14. The Kier molecular flexibility index (Phi) is 3.60. The van der Waals surface area contributed by atoms with Crippen molar-refractivity contribution in [1.29, 1.82) is 0 Å². The summed E-state index contributed by atoms with van der Waals surface area (Å²) in [6.07, 6.45) is 4.58. The number of nitrogens with two attached hydrogens (primary N) is 1. The number of hydrogen-bond acceptors (Lipinski definition) is 5. The highest BCUT2D eigenvalue weighted by atomic mass is 16.5. The zero-order valence-electron chi connectivity index (χ0n) is 10.9. The van der Waals surface area contributed by atoms with E-state index in [1.165, 1.54) is 0 Å². The molecule has 0 bridgehead atoms. The van der Waals surface area contributed by atoms with E-state index in [0.717, 1.165) is 17.5 Å². The van der Waals surface area contributed by atoms with E-state index < -0.39 is 0 Å². The molecule has 1 aromatic carbocycles. The second-order valence-electron chi connectivity index (χ2n) is 4.58. The highest BCUT2D eigenvalue weighted by Gasteiger charge is 2.12. The average molecular weight is 269 g/mol. The van der Waals surface area contributed by atoms with E-state index in [1.54, 1.807) is 18.6 Å². The van der Waals surface area contributed by atoms with Gasteiger partial charge in [0.05, 0.1) is 11.8 Å². The van der Waals surface area contributed by atoms with Gasteiger partial charge < -0.3 is 14.7 Å². The van der Waals surface area contributed by atoms with Crippen LogP contribution in [-0.4, -0.2) is 10.1 Å². The molecule has 3 rings (SSSR count). The highest BCUT2D eigenvalue weighted by Crippen LogP contribution is 2.19. The molecule has 0 fully saturated rings. The van der Waals surface area contributed by atoms with Gasteiger partial charge in [0.1, 0.15) is 6.26 Å². The second-order valence-corrected chi connectivity index (χ2v) is 4.58. The number of aryl methyl sites for hydroxylation is 1. The first kappa shape index (κ1) is 12.6. The number of hydrogen-bond donors (Lipinski definition) is 1. The van der Waals surface area contributed by atoms with E-state index in [2.05, 4.69) is 10.1 Å². The molecule has 5 nitrogen and oxygen atoms in total. The first-order valence-corrected chi connectivity index (χ1v) is 6.48. The van der Waals surface area contributed by atoms with Crippen molar-refractivity contribution in [2.75, 3.05) is 0 Å². The minimum atomic E-state index is -0.0273. The van der Waals surface area contributed by atoms with Crippen molar-refractivity contribution >= 4 is 0 Å². The summed E-state index contributed by atoms with van der Waals surface area (Å²) < 4.78 is 10.2.